The summed E-state index contributed by atoms with van der Waals surface area (Å²) in [4.78, 5) is 4.78. The van der Waals surface area contributed by atoms with Crippen LogP contribution in [0.3, 0.4) is 0 Å². The van der Waals surface area contributed by atoms with E-state index in [4.69, 9.17) is 12.2 Å². The number of thiocarbonyl (C=S) groups is 1. The highest BCUT2D eigenvalue weighted by atomic mass is 32.1. The third-order valence-corrected chi connectivity index (χ3v) is 5.57. The highest BCUT2D eigenvalue weighted by molar-refractivity contribution is 7.80. The summed E-state index contributed by atoms with van der Waals surface area (Å²) in [5.74, 6) is 0. The van der Waals surface area contributed by atoms with E-state index in [1.54, 1.807) is 0 Å². The van der Waals surface area contributed by atoms with Crippen molar-refractivity contribution >= 4 is 17.3 Å². The van der Waals surface area contributed by atoms with Crippen molar-refractivity contribution < 1.29 is 0 Å². The van der Waals surface area contributed by atoms with Gasteiger partial charge in [-0.1, -0.05) is 30.3 Å². The van der Waals surface area contributed by atoms with E-state index < -0.39 is 0 Å². The van der Waals surface area contributed by atoms with Gasteiger partial charge >= 0.3 is 0 Å². The summed E-state index contributed by atoms with van der Waals surface area (Å²) in [6.07, 6.45) is 2.01. The highest BCUT2D eigenvalue weighted by Crippen LogP contribution is 2.15. The van der Waals surface area contributed by atoms with Crippen molar-refractivity contribution in [1.82, 2.24) is 24.9 Å². The predicted molar refractivity (Wildman–Crippen MR) is 110 cm³/mol. The summed E-state index contributed by atoms with van der Waals surface area (Å²) in [5.41, 5.74) is 3.87. The van der Waals surface area contributed by atoms with Crippen LogP contribution in [0, 0.1) is 6.92 Å². The molecular formula is C20H29N5S. The van der Waals surface area contributed by atoms with Crippen molar-refractivity contribution in [3.05, 3.63) is 53.3 Å². The van der Waals surface area contributed by atoms with E-state index in [0.717, 1.165) is 44.4 Å². The Bertz CT molecular complexity index is 719. The topological polar surface area (TPSA) is 36.3 Å². The number of benzene rings is 1. The number of nitrogens with zero attached hydrogens (tertiary/aromatic N) is 4. The van der Waals surface area contributed by atoms with Crippen molar-refractivity contribution in [3.8, 4) is 0 Å². The van der Waals surface area contributed by atoms with Gasteiger partial charge in [-0.3, -0.25) is 9.58 Å². The third-order valence-electron chi connectivity index (χ3n) is 5.20. The van der Waals surface area contributed by atoms with E-state index in [9.17, 15) is 0 Å². The largest absolute Gasteiger partial charge is 0.356 e. The van der Waals surface area contributed by atoms with Gasteiger partial charge in [0.25, 0.3) is 0 Å². The Balaban J connectivity index is 1.48. The normalized spacial score (nSPS) is 16.5. The second-order valence-corrected chi connectivity index (χ2v) is 7.30. The van der Waals surface area contributed by atoms with Gasteiger partial charge in [-0.15, -0.1) is 0 Å². The summed E-state index contributed by atoms with van der Waals surface area (Å²) in [7, 11) is 0. The average molecular weight is 372 g/mol. The molecule has 1 N–H and O–H groups in total. The van der Waals surface area contributed by atoms with Crippen LogP contribution in [0.5, 0.6) is 0 Å². The van der Waals surface area contributed by atoms with E-state index >= 15 is 0 Å². The maximum absolute atomic E-state index is 5.64. The second-order valence-electron chi connectivity index (χ2n) is 6.92. The number of aromatic nitrogens is 2. The fraction of sp³-hybridized carbons (Fsp3) is 0.500. The summed E-state index contributed by atoms with van der Waals surface area (Å²) in [5, 5.41) is 8.79. The van der Waals surface area contributed by atoms with E-state index in [1.165, 1.54) is 16.8 Å². The number of piperazine rings is 1. The van der Waals surface area contributed by atoms with Crippen molar-refractivity contribution in [1.29, 1.82) is 0 Å². The molecule has 0 radical (unpaired) electrons. The van der Waals surface area contributed by atoms with Crippen molar-refractivity contribution in [3.63, 3.8) is 0 Å². The Kier molecular flexibility index (Phi) is 6.27. The van der Waals surface area contributed by atoms with E-state index in [1.807, 2.05) is 12.3 Å². The third kappa shape index (κ3) is 4.43. The Morgan fingerprint density at radius 1 is 1.19 bits per heavy atom. The molecule has 140 valence electrons. The van der Waals surface area contributed by atoms with E-state index in [0.29, 0.717) is 0 Å². The Hall–Kier alpha value is -1.92. The van der Waals surface area contributed by atoms with Crippen LogP contribution in [0.2, 0.25) is 0 Å². The summed E-state index contributed by atoms with van der Waals surface area (Å²) >= 11 is 5.64. The summed E-state index contributed by atoms with van der Waals surface area (Å²) < 4.78 is 2.07. The second kappa shape index (κ2) is 8.64. The fourth-order valence-corrected chi connectivity index (χ4v) is 3.77. The minimum atomic E-state index is 0.226. The van der Waals surface area contributed by atoms with Gasteiger partial charge in [0.05, 0.1) is 12.2 Å². The lowest BCUT2D eigenvalue weighted by Crippen LogP contribution is -2.51. The number of aryl methyl sites for hydroxylation is 1. The van der Waals surface area contributed by atoms with Crippen molar-refractivity contribution in [2.75, 3.05) is 26.2 Å². The molecule has 6 heteroatoms. The zero-order valence-corrected chi connectivity index (χ0v) is 16.8. The van der Waals surface area contributed by atoms with Gasteiger partial charge in [-0.25, -0.2) is 0 Å². The minimum Gasteiger partial charge on any atom is -0.356 e. The number of rotatable bonds is 5. The molecule has 0 aliphatic carbocycles. The standard InChI is InChI=1S/C20H29N5S/c1-4-25-17(3)19(14-21-25)15-23-10-12-24(13-11-23)20(26)22-16(2)18-8-6-5-7-9-18/h5-9,14,16H,4,10-13,15H2,1-3H3,(H,22,26). The van der Waals surface area contributed by atoms with Crippen LogP contribution in [0.1, 0.15) is 36.7 Å². The SMILES string of the molecule is CCn1ncc(CN2CCN(C(=S)NC(C)c3ccccc3)CC2)c1C. The number of nitrogens with one attached hydrogen (secondary N) is 1. The Labute approximate surface area is 162 Å². The van der Waals surface area contributed by atoms with Gasteiger partial charge in [0.2, 0.25) is 0 Å². The lowest BCUT2D eigenvalue weighted by molar-refractivity contribution is 0.173. The average Bonchev–Trinajstić information content (AvgIpc) is 3.02. The van der Waals surface area contributed by atoms with Gasteiger partial charge in [0.15, 0.2) is 5.11 Å². The molecule has 0 saturated carbocycles. The molecule has 1 unspecified atom stereocenters. The quantitative estimate of drug-likeness (QED) is 0.818. The first-order valence-corrected chi connectivity index (χ1v) is 9.83. The van der Waals surface area contributed by atoms with Crippen LogP contribution in [0.4, 0.5) is 0 Å². The molecule has 26 heavy (non-hydrogen) atoms. The molecule has 3 rings (SSSR count). The predicted octanol–water partition coefficient (Wildman–Crippen LogP) is 2.96. The molecule has 1 atom stereocenters. The molecule has 0 amide bonds. The first kappa shape index (κ1) is 18.9. The Morgan fingerprint density at radius 2 is 1.88 bits per heavy atom. The van der Waals surface area contributed by atoms with Crippen LogP contribution >= 0.6 is 12.2 Å². The molecule has 1 aromatic heterocycles. The van der Waals surface area contributed by atoms with Crippen LogP contribution in [-0.2, 0) is 13.1 Å². The zero-order chi connectivity index (χ0) is 18.5. The molecule has 1 aromatic carbocycles. The highest BCUT2D eigenvalue weighted by Gasteiger charge is 2.21. The fourth-order valence-electron chi connectivity index (χ4n) is 3.41. The molecule has 2 heterocycles. The molecule has 5 nitrogen and oxygen atoms in total. The van der Waals surface area contributed by atoms with E-state index in [-0.39, 0.29) is 6.04 Å². The lowest BCUT2D eigenvalue weighted by atomic mass is 10.1. The minimum absolute atomic E-state index is 0.226. The van der Waals surface area contributed by atoms with Crippen molar-refractivity contribution in [2.45, 2.75) is 39.9 Å². The smallest absolute Gasteiger partial charge is 0.169 e. The van der Waals surface area contributed by atoms with Gasteiger partial charge < -0.3 is 10.2 Å². The lowest BCUT2D eigenvalue weighted by Gasteiger charge is -2.37. The van der Waals surface area contributed by atoms with Gasteiger partial charge in [0, 0.05) is 50.5 Å². The first-order valence-electron chi connectivity index (χ1n) is 9.42. The summed E-state index contributed by atoms with van der Waals surface area (Å²) in [6.45, 7) is 12.3. The first-order chi connectivity index (χ1) is 12.6. The van der Waals surface area contributed by atoms with Crippen LogP contribution in [0.15, 0.2) is 36.5 Å². The van der Waals surface area contributed by atoms with Gasteiger partial charge in [0.1, 0.15) is 0 Å². The zero-order valence-electron chi connectivity index (χ0n) is 16.0. The molecule has 1 aliphatic heterocycles. The molecule has 1 aliphatic rings. The van der Waals surface area contributed by atoms with Gasteiger partial charge in [-0.2, -0.15) is 5.10 Å². The number of hydrogen-bond donors (Lipinski definition) is 1. The van der Waals surface area contributed by atoms with Crippen molar-refractivity contribution in [2.24, 2.45) is 0 Å². The molecule has 1 fully saturated rings. The van der Waals surface area contributed by atoms with Crippen LogP contribution in [-0.4, -0.2) is 50.9 Å². The summed E-state index contributed by atoms with van der Waals surface area (Å²) in [6, 6.07) is 10.7. The molecule has 2 aromatic rings. The van der Waals surface area contributed by atoms with E-state index in [2.05, 4.69) is 69.9 Å². The Morgan fingerprint density at radius 3 is 2.50 bits per heavy atom. The molecule has 0 spiro atoms. The molecule has 0 bridgehead atoms. The van der Waals surface area contributed by atoms with Crippen LogP contribution in [0.25, 0.3) is 0 Å². The molecule has 1 saturated heterocycles. The van der Waals surface area contributed by atoms with Crippen LogP contribution < -0.4 is 5.32 Å². The number of hydrogen-bond acceptors (Lipinski definition) is 3. The molecular weight excluding hydrogens is 342 g/mol. The van der Waals surface area contributed by atoms with Gasteiger partial charge in [-0.05, 0) is 38.6 Å². The maximum Gasteiger partial charge on any atom is 0.169 e. The maximum atomic E-state index is 5.64. The monoisotopic (exact) mass is 371 g/mol.